The van der Waals surface area contributed by atoms with Crippen LogP contribution in [0.3, 0.4) is 0 Å². The number of rotatable bonds is 2. The molecule has 0 amide bonds. The van der Waals surface area contributed by atoms with Gasteiger partial charge < -0.3 is 4.74 Å². The first-order valence-corrected chi connectivity index (χ1v) is 6.52. The molecule has 0 unspecified atom stereocenters. The van der Waals surface area contributed by atoms with Crippen molar-refractivity contribution in [1.82, 2.24) is 0 Å². The molecule has 94 valence electrons. The Morgan fingerprint density at radius 3 is 2.28 bits per heavy atom. The van der Waals surface area contributed by atoms with Crippen LogP contribution in [0, 0.1) is 0 Å². The van der Waals surface area contributed by atoms with E-state index in [4.69, 9.17) is 51.1 Å². The van der Waals surface area contributed by atoms with E-state index in [1.807, 2.05) is 6.07 Å². The molecule has 1 nitrogen and oxygen atoms in total. The number of halogens is 4. The molecule has 2 aromatic rings. The van der Waals surface area contributed by atoms with E-state index in [1.165, 1.54) is 0 Å². The van der Waals surface area contributed by atoms with Crippen molar-refractivity contribution >= 4 is 46.4 Å². The average Bonchev–Trinajstić information content (AvgIpc) is 2.35. The molecule has 0 aliphatic rings. The van der Waals surface area contributed by atoms with Crippen molar-refractivity contribution in [3.05, 3.63) is 50.4 Å². The highest BCUT2D eigenvalue weighted by molar-refractivity contribution is 6.49. The Morgan fingerprint density at radius 1 is 0.889 bits per heavy atom. The van der Waals surface area contributed by atoms with Gasteiger partial charge >= 0.3 is 0 Å². The van der Waals surface area contributed by atoms with E-state index in [9.17, 15) is 0 Å². The van der Waals surface area contributed by atoms with Crippen LogP contribution in [0.15, 0.2) is 30.3 Å². The second-order valence-electron chi connectivity index (χ2n) is 3.60. The second-order valence-corrected chi connectivity index (χ2v) is 5.20. The molecule has 0 aliphatic carbocycles. The predicted molar refractivity (Wildman–Crippen MR) is 78.5 cm³/mol. The second kappa shape index (κ2) is 5.58. The van der Waals surface area contributed by atoms with Crippen molar-refractivity contribution < 1.29 is 4.74 Å². The first-order valence-electron chi connectivity index (χ1n) is 5.01. The average molecular weight is 322 g/mol. The van der Waals surface area contributed by atoms with Gasteiger partial charge in [0.25, 0.3) is 0 Å². The summed E-state index contributed by atoms with van der Waals surface area (Å²) < 4.78 is 5.16. The van der Waals surface area contributed by atoms with E-state index < -0.39 is 0 Å². The molecule has 0 N–H and O–H groups in total. The molecule has 0 radical (unpaired) electrons. The smallest absolute Gasteiger partial charge is 0.120 e. The normalized spacial score (nSPS) is 10.5. The molecule has 2 aromatic carbocycles. The van der Waals surface area contributed by atoms with Crippen LogP contribution in [-0.4, -0.2) is 7.11 Å². The maximum Gasteiger partial charge on any atom is 0.120 e. The van der Waals surface area contributed by atoms with Crippen LogP contribution in [0.25, 0.3) is 11.1 Å². The lowest BCUT2D eigenvalue weighted by atomic mass is 10.1. The molecule has 0 bridgehead atoms. The summed E-state index contributed by atoms with van der Waals surface area (Å²) in [6.07, 6.45) is 0. The quantitative estimate of drug-likeness (QED) is 0.618. The molecule has 0 aromatic heterocycles. The maximum absolute atomic E-state index is 6.18. The summed E-state index contributed by atoms with van der Waals surface area (Å²) in [4.78, 5) is 0. The lowest BCUT2D eigenvalue weighted by Crippen LogP contribution is -1.86. The Labute approximate surface area is 125 Å². The fourth-order valence-electron chi connectivity index (χ4n) is 1.58. The van der Waals surface area contributed by atoms with Crippen LogP contribution in [-0.2, 0) is 0 Å². The van der Waals surface area contributed by atoms with Gasteiger partial charge in [-0.2, -0.15) is 0 Å². The monoisotopic (exact) mass is 320 g/mol. The van der Waals surface area contributed by atoms with Gasteiger partial charge in [-0.3, -0.25) is 0 Å². The highest BCUT2D eigenvalue weighted by Gasteiger charge is 2.11. The highest BCUT2D eigenvalue weighted by Crippen LogP contribution is 2.39. The fourth-order valence-corrected chi connectivity index (χ4v) is 2.45. The van der Waals surface area contributed by atoms with Crippen molar-refractivity contribution in [3.8, 4) is 16.9 Å². The lowest BCUT2D eigenvalue weighted by Gasteiger charge is -2.09. The van der Waals surface area contributed by atoms with E-state index in [-0.39, 0.29) is 0 Å². The molecule has 0 saturated carbocycles. The number of benzene rings is 2. The summed E-state index contributed by atoms with van der Waals surface area (Å²) in [7, 11) is 1.58. The molecule has 0 spiro atoms. The van der Waals surface area contributed by atoms with Crippen LogP contribution < -0.4 is 4.74 Å². The number of ether oxygens (including phenoxy) is 1. The van der Waals surface area contributed by atoms with Crippen LogP contribution >= 0.6 is 46.4 Å². The Kier molecular flexibility index (Phi) is 4.29. The van der Waals surface area contributed by atoms with Crippen LogP contribution in [0.4, 0.5) is 0 Å². The number of methoxy groups -OCH3 is 1. The zero-order valence-corrected chi connectivity index (χ0v) is 12.3. The maximum atomic E-state index is 6.18. The summed E-state index contributed by atoms with van der Waals surface area (Å²) >= 11 is 24.1. The number of hydrogen-bond donors (Lipinski definition) is 0. The van der Waals surface area contributed by atoms with Crippen molar-refractivity contribution in [2.45, 2.75) is 0 Å². The van der Waals surface area contributed by atoms with E-state index in [0.717, 1.165) is 11.1 Å². The SMILES string of the molecule is COc1cc(Cl)cc(-c2ccc(Cl)c(Cl)c2Cl)c1. The van der Waals surface area contributed by atoms with Gasteiger partial charge in [0.2, 0.25) is 0 Å². The van der Waals surface area contributed by atoms with Crippen molar-refractivity contribution in [3.63, 3.8) is 0 Å². The summed E-state index contributed by atoms with van der Waals surface area (Å²) in [5.41, 5.74) is 1.58. The van der Waals surface area contributed by atoms with Gasteiger partial charge in [-0.15, -0.1) is 0 Å². The van der Waals surface area contributed by atoms with Crippen molar-refractivity contribution in [2.24, 2.45) is 0 Å². The predicted octanol–water partition coefficient (Wildman–Crippen LogP) is 5.98. The minimum Gasteiger partial charge on any atom is -0.497 e. The molecule has 0 fully saturated rings. The summed E-state index contributed by atoms with van der Waals surface area (Å²) in [6, 6.07) is 8.82. The van der Waals surface area contributed by atoms with Gasteiger partial charge in [0.15, 0.2) is 0 Å². The number of hydrogen-bond acceptors (Lipinski definition) is 1. The van der Waals surface area contributed by atoms with Gasteiger partial charge in [0.05, 0.1) is 22.2 Å². The largest absolute Gasteiger partial charge is 0.497 e. The summed E-state index contributed by atoms with van der Waals surface area (Å²) in [5, 5.41) is 1.70. The first-order chi connectivity index (χ1) is 8.52. The highest BCUT2D eigenvalue weighted by atomic mass is 35.5. The standard InChI is InChI=1S/C13H8Cl4O/c1-18-9-5-7(4-8(14)6-9)10-2-3-11(15)13(17)12(10)16/h2-6H,1H3. The topological polar surface area (TPSA) is 9.23 Å². The van der Waals surface area contributed by atoms with E-state index in [2.05, 4.69) is 0 Å². The minimum absolute atomic E-state index is 0.328. The third-order valence-corrected chi connectivity index (χ3v) is 3.97. The molecule has 0 heterocycles. The van der Waals surface area contributed by atoms with Gasteiger partial charge in [-0.05, 0) is 29.8 Å². The van der Waals surface area contributed by atoms with E-state index in [1.54, 1.807) is 31.4 Å². The Morgan fingerprint density at radius 2 is 1.61 bits per heavy atom. The van der Waals surface area contributed by atoms with Crippen LogP contribution in [0.2, 0.25) is 20.1 Å². The van der Waals surface area contributed by atoms with Gasteiger partial charge in [0.1, 0.15) is 5.75 Å². The minimum atomic E-state index is 0.328. The summed E-state index contributed by atoms with van der Waals surface area (Å²) in [5.74, 6) is 0.652. The molecule has 2 rings (SSSR count). The first kappa shape index (κ1) is 13.8. The molecule has 0 aliphatic heterocycles. The summed E-state index contributed by atoms with van der Waals surface area (Å²) in [6.45, 7) is 0. The Bertz CT molecular complexity index is 596. The van der Waals surface area contributed by atoms with Gasteiger partial charge in [-0.1, -0.05) is 52.5 Å². The van der Waals surface area contributed by atoms with Crippen LogP contribution in [0.1, 0.15) is 0 Å². The molecule has 0 saturated heterocycles. The Balaban J connectivity index is 2.62. The lowest BCUT2D eigenvalue weighted by molar-refractivity contribution is 0.415. The Hall–Kier alpha value is -0.600. The third kappa shape index (κ3) is 2.70. The third-order valence-electron chi connectivity index (χ3n) is 2.45. The molecule has 5 heteroatoms. The molecular weight excluding hydrogens is 314 g/mol. The van der Waals surface area contributed by atoms with Crippen molar-refractivity contribution in [2.75, 3.05) is 7.11 Å². The van der Waals surface area contributed by atoms with E-state index in [0.29, 0.717) is 25.8 Å². The van der Waals surface area contributed by atoms with Gasteiger partial charge in [-0.25, -0.2) is 0 Å². The van der Waals surface area contributed by atoms with E-state index >= 15 is 0 Å². The zero-order chi connectivity index (χ0) is 13.3. The van der Waals surface area contributed by atoms with Crippen LogP contribution in [0.5, 0.6) is 5.75 Å². The fraction of sp³-hybridized carbons (Fsp3) is 0.0769. The molecule has 18 heavy (non-hydrogen) atoms. The van der Waals surface area contributed by atoms with Crippen molar-refractivity contribution in [1.29, 1.82) is 0 Å². The molecule has 0 atom stereocenters. The molecular formula is C13H8Cl4O. The van der Waals surface area contributed by atoms with Gasteiger partial charge in [0, 0.05) is 10.6 Å². The zero-order valence-electron chi connectivity index (χ0n) is 9.31.